The van der Waals surface area contributed by atoms with Gasteiger partial charge in [0.15, 0.2) is 17.5 Å². The minimum atomic E-state index is -0.612. The monoisotopic (exact) mass is 742 g/mol. The van der Waals surface area contributed by atoms with Crippen LogP contribution in [0, 0.1) is 0 Å². The number of para-hydroxylation sites is 2. The summed E-state index contributed by atoms with van der Waals surface area (Å²) >= 11 is 0. The van der Waals surface area contributed by atoms with Gasteiger partial charge in [-0.05, 0) is 59.6 Å². The largest absolute Gasteiger partial charge is 0.456 e. The van der Waals surface area contributed by atoms with Crippen LogP contribution in [-0.2, 0) is 0 Å². The van der Waals surface area contributed by atoms with E-state index in [9.17, 15) is 4.11 Å². The van der Waals surface area contributed by atoms with Crippen LogP contribution in [0.5, 0.6) is 0 Å². The van der Waals surface area contributed by atoms with Crippen LogP contribution in [-0.4, -0.2) is 19.5 Å². The van der Waals surface area contributed by atoms with Crippen LogP contribution in [0.1, 0.15) is 16.4 Å². The Balaban J connectivity index is 1.12. The number of hydrogen-bond donors (Lipinski definition) is 0. The first-order valence-electron chi connectivity index (χ1n) is 24.0. The lowest BCUT2D eigenvalue weighted by Gasteiger charge is -2.10. The summed E-state index contributed by atoms with van der Waals surface area (Å²) in [6, 6.07) is 27.4. The normalized spacial score (nSPS) is 14.8. The molecule has 0 unspecified atom stereocenters. The summed E-state index contributed by atoms with van der Waals surface area (Å²) in [5.74, 6) is 0.372. The van der Waals surface area contributed by atoms with Crippen LogP contribution >= 0.6 is 0 Å². The number of fused-ring (bicyclic) bond motifs is 9. The molecule has 0 saturated heterocycles. The zero-order chi connectivity index (χ0) is 47.9. The Morgan fingerprint density at radius 1 is 0.421 bits per heavy atom. The first kappa shape index (κ1) is 21.9. The lowest BCUT2D eigenvalue weighted by molar-refractivity contribution is 0.668. The molecule has 0 aliphatic carbocycles. The summed E-state index contributed by atoms with van der Waals surface area (Å²) in [7, 11) is 0. The van der Waals surface area contributed by atoms with Gasteiger partial charge in [-0.25, -0.2) is 15.0 Å². The van der Waals surface area contributed by atoms with Crippen molar-refractivity contribution in [1.29, 1.82) is 0 Å². The predicted octanol–water partition coefficient (Wildman–Crippen LogP) is 13.4. The van der Waals surface area contributed by atoms with Crippen molar-refractivity contribution < 1.29 is 25.3 Å². The molecule has 6 heteroatoms. The van der Waals surface area contributed by atoms with Gasteiger partial charge in [-0.2, -0.15) is 0 Å². The van der Waals surface area contributed by atoms with Gasteiger partial charge < -0.3 is 13.4 Å². The number of benzene rings is 8. The van der Waals surface area contributed by atoms with Gasteiger partial charge in [0.1, 0.15) is 22.3 Å². The Morgan fingerprint density at radius 2 is 1.12 bits per heavy atom. The third-order valence-electron chi connectivity index (χ3n) is 10.2. The zero-order valence-corrected chi connectivity index (χ0v) is 29.5. The third kappa shape index (κ3) is 4.94. The van der Waals surface area contributed by atoms with Gasteiger partial charge in [0.25, 0.3) is 0 Å². The molecule has 12 aromatic rings. The molecule has 4 heterocycles. The van der Waals surface area contributed by atoms with Gasteiger partial charge in [0, 0.05) is 60.7 Å². The van der Waals surface area contributed by atoms with Crippen LogP contribution < -0.4 is 0 Å². The molecule has 0 saturated carbocycles. The molecule has 6 nitrogen and oxygen atoms in total. The van der Waals surface area contributed by atoms with Crippen molar-refractivity contribution in [2.75, 3.05) is 0 Å². The molecule has 0 aliphatic heterocycles. The first-order chi connectivity index (χ1) is 33.2. The van der Waals surface area contributed by atoms with E-state index in [-0.39, 0.29) is 84.6 Å². The van der Waals surface area contributed by atoms with Crippen molar-refractivity contribution in [3.05, 3.63) is 182 Å². The first-order valence-corrected chi connectivity index (χ1v) is 18.0. The Hall–Kier alpha value is -7.83. The summed E-state index contributed by atoms with van der Waals surface area (Å²) in [4.78, 5) is 14.7. The smallest absolute Gasteiger partial charge is 0.164 e. The lowest BCUT2D eigenvalue weighted by atomic mass is 9.99. The van der Waals surface area contributed by atoms with Crippen LogP contribution in [0.25, 0.3) is 117 Å². The molecule has 0 spiro atoms. The molecule has 57 heavy (non-hydrogen) atoms. The van der Waals surface area contributed by atoms with Gasteiger partial charge in [0.2, 0.25) is 0 Å². The SMILES string of the molecule is [2H]c1cc2c(c([2H])c1[2H])c1c([2H])c([2H])c([2H])c([2H])c1n2-c1c([2H])cc2c(oc3c([2H])c([2H])c([2H])c(-c4nc(-c5ccccc5)nc(-c5ccc6c(c5)oc5cccc(-c7ccccc7)c56)n4)c32)c1[2H]. The van der Waals surface area contributed by atoms with Gasteiger partial charge in [0.05, 0.1) is 27.5 Å². The Labute approximate surface area is 342 Å². The summed E-state index contributed by atoms with van der Waals surface area (Å²) in [6.45, 7) is 0. The number of aromatic nitrogens is 4. The van der Waals surface area contributed by atoms with Crippen molar-refractivity contribution >= 4 is 65.7 Å². The van der Waals surface area contributed by atoms with Crippen LogP contribution in [0.4, 0.5) is 0 Å². The topological polar surface area (TPSA) is 69.9 Å². The zero-order valence-electron chi connectivity index (χ0n) is 41.5. The van der Waals surface area contributed by atoms with Gasteiger partial charge in [-0.15, -0.1) is 0 Å². The molecule has 0 atom stereocenters. The quantitative estimate of drug-likeness (QED) is 0.176. The maximum absolute atomic E-state index is 9.66. The van der Waals surface area contributed by atoms with E-state index in [0.29, 0.717) is 22.3 Å². The minimum absolute atomic E-state index is 0.00662. The molecule has 4 aromatic heterocycles. The number of hydrogen-bond acceptors (Lipinski definition) is 5. The van der Waals surface area contributed by atoms with Crippen LogP contribution in [0.15, 0.2) is 191 Å². The highest BCUT2D eigenvalue weighted by Crippen LogP contribution is 2.41. The molecular formula is C51H30N4O2. The maximum Gasteiger partial charge on any atom is 0.164 e. The standard InChI is InChI=1S/C51H30N4O2/c1-3-13-31(14-4-1)35-19-11-23-43-47(35)38-27-25-33(29-45(38)56-43)50-52-49(32-15-5-2-6-16-32)53-51(54-50)40-20-12-24-44-48(40)39-28-26-34(30-46(39)57-44)55-41-21-9-7-17-36(41)37-18-8-10-22-42(37)55/h1-30H/i7D,8D,9D,10D,12D,17D,18D,20D,21D,24D,26D,30D. The van der Waals surface area contributed by atoms with E-state index in [1.807, 2.05) is 97.1 Å². The Morgan fingerprint density at radius 3 is 1.98 bits per heavy atom. The van der Waals surface area contributed by atoms with E-state index >= 15 is 0 Å². The summed E-state index contributed by atoms with van der Waals surface area (Å²) < 4.78 is 121. The second-order valence-corrected chi connectivity index (χ2v) is 13.4. The van der Waals surface area contributed by atoms with Crippen LogP contribution in [0.3, 0.4) is 0 Å². The molecule has 0 bridgehead atoms. The van der Waals surface area contributed by atoms with Gasteiger partial charge in [-0.3, -0.25) is 0 Å². The van der Waals surface area contributed by atoms with Crippen molar-refractivity contribution in [2.24, 2.45) is 0 Å². The van der Waals surface area contributed by atoms with Crippen molar-refractivity contribution in [3.8, 4) is 51.0 Å². The summed E-state index contributed by atoms with van der Waals surface area (Å²) in [5.41, 5.74) is 3.62. The second-order valence-electron chi connectivity index (χ2n) is 13.4. The lowest BCUT2D eigenvalue weighted by Crippen LogP contribution is -2.00. The van der Waals surface area contributed by atoms with Crippen molar-refractivity contribution in [2.45, 2.75) is 0 Å². The Kier molecular flexibility index (Phi) is 4.74. The maximum atomic E-state index is 9.66. The molecular weight excluding hydrogens is 701 g/mol. The molecule has 0 amide bonds. The molecule has 12 rings (SSSR count). The highest BCUT2D eigenvalue weighted by Gasteiger charge is 2.20. The third-order valence-corrected chi connectivity index (χ3v) is 10.2. The van der Waals surface area contributed by atoms with E-state index in [1.54, 1.807) is 0 Å². The van der Waals surface area contributed by atoms with E-state index in [1.165, 1.54) is 16.7 Å². The van der Waals surface area contributed by atoms with Gasteiger partial charge >= 0.3 is 0 Å². The highest BCUT2D eigenvalue weighted by molar-refractivity contribution is 6.14. The molecule has 0 fully saturated rings. The number of nitrogens with zero attached hydrogens (tertiary/aromatic N) is 4. The van der Waals surface area contributed by atoms with Gasteiger partial charge in [-0.1, -0.05) is 127 Å². The highest BCUT2D eigenvalue weighted by atomic mass is 16.3. The van der Waals surface area contributed by atoms with Crippen LogP contribution in [0.2, 0.25) is 0 Å². The van der Waals surface area contributed by atoms with Crippen molar-refractivity contribution in [3.63, 3.8) is 0 Å². The Bertz CT molecular complexity index is 4230. The fraction of sp³-hybridized carbons (Fsp3) is 0. The number of rotatable bonds is 5. The van der Waals surface area contributed by atoms with E-state index in [2.05, 4.69) is 0 Å². The molecule has 0 N–H and O–H groups in total. The van der Waals surface area contributed by atoms with E-state index in [4.69, 9.17) is 36.1 Å². The van der Waals surface area contributed by atoms with E-state index < -0.39 is 60.4 Å². The fourth-order valence-electron chi connectivity index (χ4n) is 7.67. The van der Waals surface area contributed by atoms with E-state index in [0.717, 1.165) is 21.9 Å². The average Bonchev–Trinajstić information content (AvgIpc) is 4.04. The second kappa shape index (κ2) is 12.3. The average molecular weight is 743 g/mol. The molecule has 0 aliphatic rings. The fourth-order valence-corrected chi connectivity index (χ4v) is 7.67. The summed E-state index contributed by atoms with van der Waals surface area (Å²) in [6.07, 6.45) is 0. The summed E-state index contributed by atoms with van der Waals surface area (Å²) in [5, 5.41) is 1.80. The molecule has 8 aromatic carbocycles. The van der Waals surface area contributed by atoms with Crippen molar-refractivity contribution in [1.82, 2.24) is 19.5 Å². The minimum Gasteiger partial charge on any atom is -0.456 e. The number of furan rings is 2. The predicted molar refractivity (Wildman–Crippen MR) is 230 cm³/mol. The molecule has 0 radical (unpaired) electrons. The molecule has 266 valence electrons.